The van der Waals surface area contributed by atoms with E-state index in [2.05, 4.69) is 30.9 Å². The van der Waals surface area contributed by atoms with Crippen molar-refractivity contribution in [2.45, 2.75) is 19.9 Å². The van der Waals surface area contributed by atoms with Crippen LogP contribution < -0.4 is 0 Å². The van der Waals surface area contributed by atoms with Crippen LogP contribution in [0.1, 0.15) is 12.5 Å². The molecule has 0 saturated carbocycles. The third kappa shape index (κ3) is 3.41. The Hall–Kier alpha value is -1.23. The van der Waals surface area contributed by atoms with Crippen molar-refractivity contribution in [1.29, 1.82) is 0 Å². The molecule has 0 N–H and O–H groups in total. The summed E-state index contributed by atoms with van der Waals surface area (Å²) in [5, 5.41) is 7.91. The second kappa shape index (κ2) is 5.75. The second-order valence-electron chi connectivity index (χ2n) is 3.35. The molecule has 1 atom stereocenters. The summed E-state index contributed by atoms with van der Waals surface area (Å²) in [6, 6.07) is 5.09. The number of azo groups is 1. The van der Waals surface area contributed by atoms with Crippen LogP contribution in [0, 0.1) is 6.92 Å². The number of aryl methyl sites for hydroxylation is 1. The van der Waals surface area contributed by atoms with Gasteiger partial charge in [-0.3, -0.25) is 0 Å². The average Bonchev–Trinajstić information content (AvgIpc) is 2.26. The van der Waals surface area contributed by atoms with Crippen LogP contribution in [0.25, 0.3) is 0 Å². The van der Waals surface area contributed by atoms with Gasteiger partial charge in [-0.25, -0.2) is 4.79 Å². The van der Waals surface area contributed by atoms with Crippen molar-refractivity contribution < 1.29 is 9.53 Å². The Bertz CT molecular complexity index is 418. The average molecular weight is 285 g/mol. The van der Waals surface area contributed by atoms with Crippen molar-refractivity contribution in [3.63, 3.8) is 0 Å². The number of rotatable bonds is 3. The lowest BCUT2D eigenvalue weighted by atomic mass is 10.2. The number of methoxy groups -OCH3 is 1. The van der Waals surface area contributed by atoms with Crippen LogP contribution in [-0.4, -0.2) is 19.1 Å². The third-order valence-electron chi connectivity index (χ3n) is 2.04. The van der Waals surface area contributed by atoms with Gasteiger partial charge < -0.3 is 4.74 Å². The van der Waals surface area contributed by atoms with Crippen LogP contribution in [0.3, 0.4) is 0 Å². The maximum atomic E-state index is 11.1. The van der Waals surface area contributed by atoms with Gasteiger partial charge in [0.15, 0.2) is 6.04 Å². The molecule has 0 fully saturated rings. The van der Waals surface area contributed by atoms with E-state index in [-0.39, 0.29) is 0 Å². The van der Waals surface area contributed by atoms with Gasteiger partial charge in [-0.2, -0.15) is 10.2 Å². The Balaban J connectivity index is 2.80. The van der Waals surface area contributed by atoms with Gasteiger partial charge in [0.25, 0.3) is 0 Å². The molecule has 5 heteroatoms. The Morgan fingerprint density at radius 3 is 2.75 bits per heavy atom. The van der Waals surface area contributed by atoms with E-state index in [9.17, 15) is 4.79 Å². The summed E-state index contributed by atoms with van der Waals surface area (Å²) in [6.07, 6.45) is 0. The number of carbonyl (C=O) groups is 1. The van der Waals surface area contributed by atoms with Gasteiger partial charge in [-0.05, 0) is 37.6 Å². The molecule has 1 aromatic carbocycles. The van der Waals surface area contributed by atoms with Crippen molar-refractivity contribution >= 4 is 27.6 Å². The van der Waals surface area contributed by atoms with Crippen molar-refractivity contribution in [3.05, 3.63) is 28.2 Å². The van der Waals surface area contributed by atoms with Crippen LogP contribution in [0.15, 0.2) is 32.9 Å². The molecule has 16 heavy (non-hydrogen) atoms. The number of esters is 1. The Kier molecular flexibility index (Phi) is 4.61. The van der Waals surface area contributed by atoms with Crippen LogP contribution in [0.4, 0.5) is 5.69 Å². The molecule has 1 unspecified atom stereocenters. The quantitative estimate of drug-likeness (QED) is 0.631. The number of carbonyl (C=O) groups excluding carboxylic acids is 1. The fourth-order valence-corrected chi connectivity index (χ4v) is 1.57. The highest BCUT2D eigenvalue weighted by Gasteiger charge is 2.11. The molecular weight excluding hydrogens is 272 g/mol. The van der Waals surface area contributed by atoms with E-state index >= 15 is 0 Å². The topological polar surface area (TPSA) is 51.0 Å². The number of halogens is 1. The first-order valence-corrected chi connectivity index (χ1v) is 5.58. The molecule has 1 rings (SSSR count). The van der Waals surface area contributed by atoms with Crippen molar-refractivity contribution in [3.8, 4) is 0 Å². The van der Waals surface area contributed by atoms with E-state index in [4.69, 9.17) is 0 Å². The van der Waals surface area contributed by atoms with E-state index in [1.165, 1.54) is 7.11 Å². The molecule has 0 aliphatic heterocycles. The molecular formula is C11H13BrN2O2. The predicted molar refractivity (Wildman–Crippen MR) is 64.9 cm³/mol. The van der Waals surface area contributed by atoms with Crippen LogP contribution in [0.2, 0.25) is 0 Å². The Labute approximate surface area is 103 Å². The summed E-state index contributed by atoms with van der Waals surface area (Å²) in [7, 11) is 1.33. The minimum Gasteiger partial charge on any atom is -0.467 e. The fourth-order valence-electron chi connectivity index (χ4n) is 1.10. The first kappa shape index (κ1) is 12.8. The molecule has 0 amide bonds. The van der Waals surface area contributed by atoms with Crippen LogP contribution in [0.5, 0.6) is 0 Å². The molecule has 0 saturated heterocycles. The highest BCUT2D eigenvalue weighted by molar-refractivity contribution is 9.10. The Morgan fingerprint density at radius 1 is 1.50 bits per heavy atom. The molecule has 1 aromatic rings. The normalized spacial score (nSPS) is 12.8. The first-order chi connectivity index (χ1) is 7.54. The molecule has 4 nitrogen and oxygen atoms in total. The van der Waals surface area contributed by atoms with Gasteiger partial charge in [-0.1, -0.05) is 15.9 Å². The smallest absolute Gasteiger partial charge is 0.332 e. The summed E-state index contributed by atoms with van der Waals surface area (Å²) in [4.78, 5) is 11.1. The fraction of sp³-hybridized carbons (Fsp3) is 0.364. The number of benzene rings is 1. The van der Waals surface area contributed by atoms with Gasteiger partial charge in [0, 0.05) is 4.47 Å². The molecule has 0 radical (unpaired) electrons. The number of nitrogens with zero attached hydrogens (tertiary/aromatic N) is 2. The minimum atomic E-state index is -0.576. The zero-order valence-electron chi connectivity index (χ0n) is 9.40. The lowest BCUT2D eigenvalue weighted by Crippen LogP contribution is -2.15. The van der Waals surface area contributed by atoms with E-state index in [1.807, 2.05) is 25.1 Å². The lowest BCUT2D eigenvalue weighted by molar-refractivity contribution is -0.141. The molecule has 0 aliphatic rings. The molecule has 0 aliphatic carbocycles. The van der Waals surface area contributed by atoms with Crippen LogP contribution >= 0.6 is 15.9 Å². The zero-order valence-corrected chi connectivity index (χ0v) is 11.0. The summed E-state index contributed by atoms with van der Waals surface area (Å²) in [6.45, 7) is 3.57. The zero-order chi connectivity index (χ0) is 12.1. The molecule has 86 valence electrons. The van der Waals surface area contributed by atoms with Crippen LogP contribution in [-0.2, 0) is 9.53 Å². The molecule has 0 bridgehead atoms. The number of ether oxygens (including phenoxy) is 1. The van der Waals surface area contributed by atoms with E-state index in [1.54, 1.807) is 6.92 Å². The van der Waals surface area contributed by atoms with E-state index < -0.39 is 12.0 Å². The second-order valence-corrected chi connectivity index (χ2v) is 4.26. The molecule has 0 heterocycles. The minimum absolute atomic E-state index is 0.390. The summed E-state index contributed by atoms with van der Waals surface area (Å²) in [5.41, 5.74) is 1.74. The number of hydrogen-bond acceptors (Lipinski definition) is 4. The summed E-state index contributed by atoms with van der Waals surface area (Å²) < 4.78 is 5.54. The molecule has 0 spiro atoms. The van der Waals surface area contributed by atoms with Gasteiger partial charge in [0.2, 0.25) is 0 Å². The Morgan fingerprint density at radius 2 is 2.19 bits per heavy atom. The first-order valence-electron chi connectivity index (χ1n) is 4.79. The van der Waals surface area contributed by atoms with Gasteiger partial charge in [0.1, 0.15) is 0 Å². The highest BCUT2D eigenvalue weighted by atomic mass is 79.9. The van der Waals surface area contributed by atoms with Crippen molar-refractivity contribution in [1.82, 2.24) is 0 Å². The maximum Gasteiger partial charge on any atom is 0.332 e. The van der Waals surface area contributed by atoms with E-state index in [0.29, 0.717) is 0 Å². The van der Waals surface area contributed by atoms with Gasteiger partial charge in [0.05, 0.1) is 12.8 Å². The number of hydrogen-bond donors (Lipinski definition) is 0. The summed E-state index contributed by atoms with van der Waals surface area (Å²) in [5.74, 6) is -0.390. The summed E-state index contributed by atoms with van der Waals surface area (Å²) >= 11 is 3.36. The largest absolute Gasteiger partial charge is 0.467 e. The van der Waals surface area contributed by atoms with Crippen molar-refractivity contribution in [2.75, 3.05) is 7.11 Å². The van der Waals surface area contributed by atoms with Gasteiger partial charge >= 0.3 is 5.97 Å². The predicted octanol–water partition coefficient (Wildman–Crippen LogP) is 3.40. The SMILES string of the molecule is COC(=O)C(C)N=Nc1ccc(Br)cc1C. The van der Waals surface area contributed by atoms with Crippen molar-refractivity contribution in [2.24, 2.45) is 10.2 Å². The third-order valence-corrected chi connectivity index (χ3v) is 2.53. The highest BCUT2D eigenvalue weighted by Crippen LogP contribution is 2.23. The maximum absolute atomic E-state index is 11.1. The monoisotopic (exact) mass is 284 g/mol. The molecule has 0 aromatic heterocycles. The standard InChI is InChI=1S/C11H13BrN2O2/c1-7-6-9(12)4-5-10(7)14-13-8(2)11(15)16-3/h4-6,8H,1-3H3. The van der Waals surface area contributed by atoms with E-state index in [0.717, 1.165) is 15.7 Å². The lowest BCUT2D eigenvalue weighted by Gasteiger charge is -2.03. The van der Waals surface area contributed by atoms with Gasteiger partial charge in [-0.15, -0.1) is 0 Å².